The van der Waals surface area contributed by atoms with Crippen molar-refractivity contribution in [2.75, 3.05) is 13.1 Å². The number of aromatic nitrogens is 2. The van der Waals surface area contributed by atoms with Gasteiger partial charge in [-0.15, -0.1) is 0 Å². The van der Waals surface area contributed by atoms with Crippen LogP contribution in [0.25, 0.3) is 11.0 Å². The predicted molar refractivity (Wildman–Crippen MR) is 103 cm³/mol. The lowest BCUT2D eigenvalue weighted by molar-refractivity contribution is 0.254. The molecule has 0 saturated carbocycles. The van der Waals surface area contributed by atoms with Crippen molar-refractivity contribution in [3.63, 3.8) is 0 Å². The minimum Gasteiger partial charge on any atom is -0.330 e. The largest absolute Gasteiger partial charge is 0.330 e. The first-order valence-corrected chi connectivity index (χ1v) is 10.6. The molecule has 1 saturated heterocycles. The number of rotatable bonds is 5. The summed E-state index contributed by atoms with van der Waals surface area (Å²) in [5.74, 6) is 0.570. The zero-order chi connectivity index (χ0) is 18.0. The van der Waals surface area contributed by atoms with E-state index in [2.05, 4.69) is 15.6 Å². The maximum Gasteiger partial charge on any atom is 0.218 e. The summed E-state index contributed by atoms with van der Waals surface area (Å²) >= 11 is 0. The van der Waals surface area contributed by atoms with E-state index in [1.807, 2.05) is 54.9 Å². The van der Waals surface area contributed by atoms with Crippen LogP contribution in [0, 0.1) is 5.92 Å². The molecule has 26 heavy (non-hydrogen) atoms. The Bertz CT molecular complexity index is 974. The molecule has 0 bridgehead atoms. The van der Waals surface area contributed by atoms with Crippen LogP contribution < -0.4 is 0 Å². The van der Waals surface area contributed by atoms with Gasteiger partial charge in [-0.25, -0.2) is 17.7 Å². The average Bonchev–Trinajstić information content (AvgIpc) is 3.06. The summed E-state index contributed by atoms with van der Waals surface area (Å²) in [5.41, 5.74) is 3.00. The number of fused-ring (bicyclic) bond motifs is 1. The van der Waals surface area contributed by atoms with Crippen LogP contribution in [-0.2, 0) is 22.3 Å². The Morgan fingerprint density at radius 3 is 2.42 bits per heavy atom. The highest BCUT2D eigenvalue weighted by atomic mass is 32.2. The van der Waals surface area contributed by atoms with Gasteiger partial charge in [-0.1, -0.05) is 42.5 Å². The zero-order valence-electron chi connectivity index (χ0n) is 14.7. The van der Waals surface area contributed by atoms with Crippen molar-refractivity contribution in [2.24, 2.45) is 5.92 Å². The van der Waals surface area contributed by atoms with Gasteiger partial charge in [-0.05, 0) is 36.5 Å². The standard InChI is InChI=1S/C20H23N3O2S/c24-26(25,15-18-6-2-1-3-7-18)23-12-10-17(11-13-23)14-22-16-21-19-8-4-5-9-20(19)22/h1-9,16-17H,10-15H2. The monoisotopic (exact) mass is 369 g/mol. The van der Waals surface area contributed by atoms with E-state index < -0.39 is 10.0 Å². The SMILES string of the molecule is O=S(=O)(Cc1ccccc1)N1CCC(Cn2cnc3ccccc32)CC1. The Hall–Kier alpha value is -2.18. The van der Waals surface area contributed by atoms with Gasteiger partial charge in [-0.3, -0.25) is 0 Å². The number of para-hydroxylation sites is 2. The number of piperidine rings is 1. The third-order valence-corrected chi connectivity index (χ3v) is 6.99. The van der Waals surface area contributed by atoms with Gasteiger partial charge >= 0.3 is 0 Å². The Morgan fingerprint density at radius 2 is 1.65 bits per heavy atom. The summed E-state index contributed by atoms with van der Waals surface area (Å²) in [7, 11) is -3.24. The molecule has 0 N–H and O–H groups in total. The van der Waals surface area contributed by atoms with Gasteiger partial charge in [0, 0.05) is 19.6 Å². The molecule has 2 aromatic carbocycles. The fourth-order valence-electron chi connectivity index (χ4n) is 3.68. The molecule has 136 valence electrons. The molecule has 6 heteroatoms. The number of hydrogen-bond donors (Lipinski definition) is 0. The molecule has 0 unspecified atom stereocenters. The number of nitrogens with zero attached hydrogens (tertiary/aromatic N) is 3. The Kier molecular flexibility index (Phi) is 4.78. The van der Waals surface area contributed by atoms with E-state index in [0.717, 1.165) is 36.0 Å². The molecule has 5 nitrogen and oxygen atoms in total. The predicted octanol–water partition coefficient (Wildman–Crippen LogP) is 3.28. The third kappa shape index (κ3) is 3.66. The van der Waals surface area contributed by atoms with Crippen molar-refractivity contribution in [3.05, 3.63) is 66.5 Å². The van der Waals surface area contributed by atoms with Gasteiger partial charge in [0.05, 0.1) is 23.1 Å². The second kappa shape index (κ2) is 7.21. The lowest BCUT2D eigenvalue weighted by Gasteiger charge is -2.31. The lowest BCUT2D eigenvalue weighted by atomic mass is 9.98. The molecule has 0 amide bonds. The second-order valence-corrected chi connectivity index (χ2v) is 8.94. The molecule has 0 atom stereocenters. The average molecular weight is 369 g/mol. The van der Waals surface area contributed by atoms with Gasteiger partial charge in [-0.2, -0.15) is 0 Å². The van der Waals surface area contributed by atoms with E-state index in [4.69, 9.17) is 0 Å². The maximum atomic E-state index is 12.7. The van der Waals surface area contributed by atoms with Gasteiger partial charge in [0.15, 0.2) is 0 Å². The smallest absolute Gasteiger partial charge is 0.218 e. The second-order valence-electron chi connectivity index (χ2n) is 6.97. The maximum absolute atomic E-state index is 12.7. The summed E-state index contributed by atoms with van der Waals surface area (Å²) in [6.07, 6.45) is 3.67. The number of sulfonamides is 1. The Morgan fingerprint density at radius 1 is 0.962 bits per heavy atom. The van der Waals surface area contributed by atoms with Crippen LogP contribution in [-0.4, -0.2) is 35.4 Å². The van der Waals surface area contributed by atoms with Crippen molar-refractivity contribution >= 4 is 21.1 Å². The van der Waals surface area contributed by atoms with Gasteiger partial charge < -0.3 is 4.57 Å². The van der Waals surface area contributed by atoms with Crippen LogP contribution in [0.3, 0.4) is 0 Å². The molecular formula is C20H23N3O2S. The summed E-state index contributed by atoms with van der Waals surface area (Å²) < 4.78 is 29.2. The first-order valence-electron chi connectivity index (χ1n) is 9.03. The van der Waals surface area contributed by atoms with Crippen molar-refractivity contribution in [2.45, 2.75) is 25.1 Å². The summed E-state index contributed by atoms with van der Waals surface area (Å²) in [6.45, 7) is 2.10. The molecule has 0 radical (unpaired) electrons. The van der Waals surface area contributed by atoms with Crippen molar-refractivity contribution < 1.29 is 8.42 Å². The quantitative estimate of drug-likeness (QED) is 0.693. The topological polar surface area (TPSA) is 55.2 Å². The molecule has 1 aliphatic rings. The molecule has 4 rings (SSSR count). The minimum atomic E-state index is -3.24. The van der Waals surface area contributed by atoms with E-state index in [0.29, 0.717) is 19.0 Å². The fraction of sp³-hybridized carbons (Fsp3) is 0.350. The highest BCUT2D eigenvalue weighted by molar-refractivity contribution is 7.88. The molecule has 2 heterocycles. The highest BCUT2D eigenvalue weighted by Crippen LogP contribution is 2.24. The third-order valence-electron chi connectivity index (χ3n) is 5.14. The van der Waals surface area contributed by atoms with Gasteiger partial charge in [0.1, 0.15) is 0 Å². The molecule has 1 aromatic heterocycles. The lowest BCUT2D eigenvalue weighted by Crippen LogP contribution is -2.39. The number of imidazole rings is 1. The minimum absolute atomic E-state index is 0.0880. The fourth-order valence-corrected chi connectivity index (χ4v) is 5.24. The molecule has 1 fully saturated rings. The summed E-state index contributed by atoms with van der Waals surface area (Å²) in [5, 5.41) is 0. The van der Waals surface area contributed by atoms with Crippen molar-refractivity contribution in [1.82, 2.24) is 13.9 Å². The van der Waals surface area contributed by atoms with Gasteiger partial charge in [0.25, 0.3) is 0 Å². The van der Waals surface area contributed by atoms with Crippen LogP contribution in [0.2, 0.25) is 0 Å². The first-order chi connectivity index (χ1) is 12.6. The van der Waals surface area contributed by atoms with E-state index in [1.165, 1.54) is 0 Å². The zero-order valence-corrected chi connectivity index (χ0v) is 15.5. The molecule has 1 aliphatic heterocycles. The molecule has 0 spiro atoms. The first kappa shape index (κ1) is 17.2. The van der Waals surface area contributed by atoms with E-state index in [1.54, 1.807) is 4.31 Å². The van der Waals surface area contributed by atoms with Crippen molar-refractivity contribution in [1.29, 1.82) is 0 Å². The molecular weight excluding hydrogens is 346 g/mol. The summed E-state index contributed by atoms with van der Waals surface area (Å²) in [6, 6.07) is 17.5. The molecule has 0 aliphatic carbocycles. The van der Waals surface area contributed by atoms with E-state index >= 15 is 0 Å². The van der Waals surface area contributed by atoms with Crippen molar-refractivity contribution in [3.8, 4) is 0 Å². The highest BCUT2D eigenvalue weighted by Gasteiger charge is 2.28. The van der Waals surface area contributed by atoms with Crippen LogP contribution >= 0.6 is 0 Å². The van der Waals surface area contributed by atoms with E-state index in [-0.39, 0.29) is 5.75 Å². The van der Waals surface area contributed by atoms with E-state index in [9.17, 15) is 8.42 Å². The van der Waals surface area contributed by atoms with Crippen LogP contribution in [0.1, 0.15) is 18.4 Å². The van der Waals surface area contributed by atoms with Crippen LogP contribution in [0.15, 0.2) is 60.9 Å². The normalized spacial score (nSPS) is 16.9. The van der Waals surface area contributed by atoms with Crippen LogP contribution in [0.5, 0.6) is 0 Å². The Balaban J connectivity index is 1.38. The molecule has 3 aromatic rings. The van der Waals surface area contributed by atoms with Crippen LogP contribution in [0.4, 0.5) is 0 Å². The Labute approximate surface area is 154 Å². The summed E-state index contributed by atoms with van der Waals surface area (Å²) in [4.78, 5) is 4.44. The van der Waals surface area contributed by atoms with Gasteiger partial charge in [0.2, 0.25) is 10.0 Å². The number of hydrogen-bond acceptors (Lipinski definition) is 3. The number of benzene rings is 2.